The van der Waals surface area contributed by atoms with Gasteiger partial charge >= 0.3 is 0 Å². The maximum absolute atomic E-state index is 4.64. The number of fused-ring (bicyclic) bond motifs is 1. The average Bonchev–Trinajstić information content (AvgIpc) is 3.04. The summed E-state index contributed by atoms with van der Waals surface area (Å²) in [5.74, 6) is 0. The molecule has 0 amide bonds. The van der Waals surface area contributed by atoms with Crippen LogP contribution in [0.1, 0.15) is 28.2 Å². The number of aromatic nitrogens is 2. The highest BCUT2D eigenvalue weighted by molar-refractivity contribution is 7.17. The number of hydrogen-bond donors (Lipinski definition) is 1. The van der Waals surface area contributed by atoms with E-state index in [0.29, 0.717) is 0 Å². The molecule has 0 spiro atoms. The lowest BCUT2D eigenvalue weighted by atomic mass is 10.2. The van der Waals surface area contributed by atoms with Crippen LogP contribution in [0.15, 0.2) is 36.5 Å². The van der Waals surface area contributed by atoms with Crippen LogP contribution < -0.4 is 5.32 Å². The Labute approximate surface area is 148 Å². The highest BCUT2D eigenvalue weighted by Crippen LogP contribution is 2.20. The zero-order valence-electron chi connectivity index (χ0n) is 14.7. The first-order valence-electron chi connectivity index (χ1n) is 8.50. The van der Waals surface area contributed by atoms with Gasteiger partial charge in [0.2, 0.25) is 0 Å². The lowest BCUT2D eigenvalue weighted by Crippen LogP contribution is -2.24. The number of imidazole rings is 1. The van der Waals surface area contributed by atoms with E-state index < -0.39 is 0 Å². The van der Waals surface area contributed by atoms with Crippen molar-refractivity contribution in [1.82, 2.24) is 19.6 Å². The van der Waals surface area contributed by atoms with Gasteiger partial charge in [-0.2, -0.15) is 0 Å². The highest BCUT2D eigenvalue weighted by Gasteiger charge is 2.10. The van der Waals surface area contributed by atoms with E-state index in [1.54, 1.807) is 11.3 Å². The molecule has 4 nitrogen and oxygen atoms in total. The van der Waals surface area contributed by atoms with Gasteiger partial charge in [0.15, 0.2) is 4.96 Å². The molecule has 0 aliphatic carbocycles. The molecule has 2 heterocycles. The lowest BCUT2D eigenvalue weighted by molar-refractivity contribution is 0.319. The summed E-state index contributed by atoms with van der Waals surface area (Å²) in [7, 11) is 2.19. The van der Waals surface area contributed by atoms with E-state index in [1.165, 1.54) is 16.1 Å². The number of aryl methyl sites for hydroxylation is 2. The Bertz CT molecular complexity index is 775. The summed E-state index contributed by atoms with van der Waals surface area (Å²) in [5, 5.41) is 3.57. The number of nitrogens with zero attached hydrogens (tertiary/aromatic N) is 3. The Morgan fingerprint density at radius 2 is 2.00 bits per heavy atom. The molecule has 1 N–H and O–H groups in total. The first-order chi connectivity index (χ1) is 11.6. The molecule has 3 aromatic rings. The predicted molar refractivity (Wildman–Crippen MR) is 102 cm³/mol. The van der Waals surface area contributed by atoms with Crippen molar-refractivity contribution in [2.75, 3.05) is 20.1 Å². The minimum atomic E-state index is 0.881. The Balaban J connectivity index is 1.41. The van der Waals surface area contributed by atoms with Crippen molar-refractivity contribution < 1.29 is 0 Å². The van der Waals surface area contributed by atoms with Crippen molar-refractivity contribution in [3.63, 3.8) is 0 Å². The van der Waals surface area contributed by atoms with E-state index in [9.17, 15) is 0 Å². The van der Waals surface area contributed by atoms with Crippen molar-refractivity contribution in [2.24, 2.45) is 0 Å². The van der Waals surface area contributed by atoms with E-state index >= 15 is 0 Å². The van der Waals surface area contributed by atoms with Gasteiger partial charge in [-0.15, -0.1) is 11.3 Å². The molecule has 0 bridgehead atoms. The van der Waals surface area contributed by atoms with Gasteiger partial charge in [-0.05, 0) is 46.0 Å². The van der Waals surface area contributed by atoms with Crippen LogP contribution in [0.25, 0.3) is 4.96 Å². The predicted octanol–water partition coefficient (Wildman–Crippen LogP) is 3.62. The van der Waals surface area contributed by atoms with Crippen LogP contribution in [0, 0.1) is 13.8 Å². The monoisotopic (exact) mass is 342 g/mol. The summed E-state index contributed by atoms with van der Waals surface area (Å²) < 4.78 is 2.23. The summed E-state index contributed by atoms with van der Waals surface area (Å²) >= 11 is 1.75. The first kappa shape index (κ1) is 17.1. The van der Waals surface area contributed by atoms with Gasteiger partial charge in [-0.1, -0.05) is 30.3 Å². The van der Waals surface area contributed by atoms with Gasteiger partial charge in [-0.3, -0.25) is 4.40 Å². The molecule has 0 atom stereocenters. The van der Waals surface area contributed by atoms with Crippen LogP contribution in [0.2, 0.25) is 0 Å². The number of thiazole rings is 1. The molecule has 1 aromatic carbocycles. The second kappa shape index (κ2) is 7.92. The van der Waals surface area contributed by atoms with Crippen molar-refractivity contribution in [1.29, 1.82) is 0 Å². The fourth-order valence-corrected chi connectivity index (χ4v) is 3.87. The van der Waals surface area contributed by atoms with Crippen LogP contribution >= 0.6 is 11.3 Å². The molecule has 0 saturated heterocycles. The van der Waals surface area contributed by atoms with E-state index in [4.69, 9.17) is 0 Å². The quantitative estimate of drug-likeness (QED) is 0.635. The second-order valence-corrected chi connectivity index (χ2v) is 7.61. The molecule has 24 heavy (non-hydrogen) atoms. The number of hydrogen-bond acceptors (Lipinski definition) is 4. The zero-order valence-corrected chi connectivity index (χ0v) is 15.6. The van der Waals surface area contributed by atoms with E-state index in [-0.39, 0.29) is 0 Å². The SMILES string of the molecule is Cc1cn2c(CNCCCN(C)Cc3ccccc3)c(C)nc2s1. The van der Waals surface area contributed by atoms with Crippen LogP contribution in [0.3, 0.4) is 0 Å². The zero-order chi connectivity index (χ0) is 16.9. The molecule has 0 aliphatic heterocycles. The maximum Gasteiger partial charge on any atom is 0.194 e. The molecule has 0 unspecified atom stereocenters. The van der Waals surface area contributed by atoms with Crippen molar-refractivity contribution in [3.05, 3.63) is 58.4 Å². The fourth-order valence-electron chi connectivity index (χ4n) is 2.98. The van der Waals surface area contributed by atoms with E-state index in [1.807, 2.05) is 0 Å². The molecular formula is C19H26N4S. The van der Waals surface area contributed by atoms with Gasteiger partial charge in [0.05, 0.1) is 11.4 Å². The van der Waals surface area contributed by atoms with Crippen molar-refractivity contribution in [3.8, 4) is 0 Å². The Morgan fingerprint density at radius 3 is 2.79 bits per heavy atom. The third-order valence-electron chi connectivity index (χ3n) is 4.22. The molecule has 2 aromatic heterocycles. The first-order valence-corrected chi connectivity index (χ1v) is 9.32. The highest BCUT2D eigenvalue weighted by atomic mass is 32.1. The Morgan fingerprint density at radius 1 is 1.21 bits per heavy atom. The molecule has 128 valence electrons. The van der Waals surface area contributed by atoms with Crippen LogP contribution in [0.5, 0.6) is 0 Å². The molecule has 0 saturated carbocycles. The maximum atomic E-state index is 4.64. The molecule has 3 rings (SSSR count). The largest absolute Gasteiger partial charge is 0.311 e. The van der Waals surface area contributed by atoms with Crippen LogP contribution in [-0.2, 0) is 13.1 Å². The molecular weight excluding hydrogens is 316 g/mol. The summed E-state index contributed by atoms with van der Waals surface area (Å²) in [6.45, 7) is 8.24. The standard InChI is InChI=1S/C19H26N4S/c1-15-13-23-18(16(2)21-19(23)24-15)12-20-10-7-11-22(3)14-17-8-5-4-6-9-17/h4-6,8-9,13,20H,7,10-12,14H2,1-3H3. The van der Waals surface area contributed by atoms with E-state index in [2.05, 4.69) is 77.0 Å². The summed E-state index contributed by atoms with van der Waals surface area (Å²) in [4.78, 5) is 9.43. The summed E-state index contributed by atoms with van der Waals surface area (Å²) in [6.07, 6.45) is 3.33. The van der Waals surface area contributed by atoms with Gasteiger partial charge in [0.25, 0.3) is 0 Å². The molecule has 0 fully saturated rings. The Kier molecular flexibility index (Phi) is 5.66. The third-order valence-corrected chi connectivity index (χ3v) is 5.12. The minimum absolute atomic E-state index is 0.881. The number of benzene rings is 1. The summed E-state index contributed by atoms with van der Waals surface area (Å²) in [5.41, 5.74) is 3.79. The van der Waals surface area contributed by atoms with Crippen LogP contribution in [-0.4, -0.2) is 34.4 Å². The molecule has 0 radical (unpaired) electrons. The van der Waals surface area contributed by atoms with Crippen LogP contribution in [0.4, 0.5) is 0 Å². The third kappa shape index (κ3) is 4.23. The smallest absolute Gasteiger partial charge is 0.194 e. The second-order valence-electron chi connectivity index (χ2n) is 6.39. The van der Waals surface area contributed by atoms with Crippen molar-refractivity contribution in [2.45, 2.75) is 33.4 Å². The van der Waals surface area contributed by atoms with Crippen molar-refractivity contribution >= 4 is 16.3 Å². The lowest BCUT2D eigenvalue weighted by Gasteiger charge is -2.16. The van der Waals surface area contributed by atoms with Gasteiger partial charge in [-0.25, -0.2) is 4.98 Å². The van der Waals surface area contributed by atoms with Gasteiger partial charge < -0.3 is 10.2 Å². The summed E-state index contributed by atoms with van der Waals surface area (Å²) in [6, 6.07) is 10.6. The van der Waals surface area contributed by atoms with Gasteiger partial charge in [0, 0.05) is 24.2 Å². The Hall–Kier alpha value is -1.69. The molecule has 5 heteroatoms. The number of nitrogens with one attached hydrogen (secondary N) is 1. The van der Waals surface area contributed by atoms with E-state index in [0.717, 1.165) is 43.3 Å². The fraction of sp³-hybridized carbons (Fsp3) is 0.421. The number of rotatable bonds is 8. The van der Waals surface area contributed by atoms with Gasteiger partial charge in [0.1, 0.15) is 0 Å². The topological polar surface area (TPSA) is 32.6 Å². The molecule has 0 aliphatic rings. The normalized spacial score (nSPS) is 11.7. The minimum Gasteiger partial charge on any atom is -0.311 e. The average molecular weight is 343 g/mol.